The number of benzene rings is 1. The third-order valence-corrected chi connectivity index (χ3v) is 3.36. The molecule has 2 aromatic rings. The van der Waals surface area contributed by atoms with Crippen LogP contribution >= 0.6 is 0 Å². The molecule has 0 unspecified atom stereocenters. The van der Waals surface area contributed by atoms with Crippen molar-refractivity contribution in [3.8, 4) is 0 Å². The maximum absolute atomic E-state index is 11.9. The van der Waals surface area contributed by atoms with Crippen LogP contribution in [0.3, 0.4) is 0 Å². The molecule has 0 fully saturated rings. The quantitative estimate of drug-likeness (QED) is 0.445. The zero-order valence-corrected chi connectivity index (χ0v) is 14.4. The van der Waals surface area contributed by atoms with Crippen molar-refractivity contribution in [1.29, 1.82) is 0 Å². The van der Waals surface area contributed by atoms with E-state index in [1.54, 1.807) is 25.3 Å². The Morgan fingerprint density at radius 2 is 1.96 bits per heavy atom. The summed E-state index contributed by atoms with van der Waals surface area (Å²) in [6.45, 7) is 4.98. The predicted octanol–water partition coefficient (Wildman–Crippen LogP) is 1.44. The average Bonchev–Trinajstić information content (AvgIpc) is 2.60. The molecule has 0 radical (unpaired) electrons. The summed E-state index contributed by atoms with van der Waals surface area (Å²) in [5.74, 6) is 0.294. The second-order valence-electron chi connectivity index (χ2n) is 5.49. The molecule has 132 valence electrons. The zero-order valence-electron chi connectivity index (χ0n) is 14.4. The second kappa shape index (κ2) is 8.62. The van der Waals surface area contributed by atoms with Crippen LogP contribution in [0.5, 0.6) is 0 Å². The number of nitrogens with two attached hydrogens (primary N) is 2. The van der Waals surface area contributed by atoms with Crippen LogP contribution in [0, 0.1) is 6.92 Å². The lowest BCUT2D eigenvalue weighted by Crippen LogP contribution is -2.23. The Morgan fingerprint density at radius 1 is 1.24 bits per heavy atom. The summed E-state index contributed by atoms with van der Waals surface area (Å²) in [5, 5.41) is 6.08. The number of nitrogens with one attached hydrogen (secondary N) is 2. The van der Waals surface area contributed by atoms with E-state index < -0.39 is 0 Å². The predicted molar refractivity (Wildman–Crippen MR) is 98.6 cm³/mol. The molecule has 0 bridgehead atoms. The maximum Gasteiger partial charge on any atom is 0.251 e. The summed E-state index contributed by atoms with van der Waals surface area (Å²) in [4.78, 5) is 24.4. The zero-order chi connectivity index (χ0) is 18.2. The number of amides is 1. The van der Waals surface area contributed by atoms with Crippen molar-refractivity contribution in [1.82, 2.24) is 15.3 Å². The number of guanidine groups is 1. The van der Waals surface area contributed by atoms with Gasteiger partial charge in [-0.1, -0.05) is 6.92 Å². The van der Waals surface area contributed by atoms with Gasteiger partial charge in [0.25, 0.3) is 5.91 Å². The summed E-state index contributed by atoms with van der Waals surface area (Å²) < 4.78 is 0. The third-order valence-electron chi connectivity index (χ3n) is 3.36. The van der Waals surface area contributed by atoms with E-state index >= 15 is 0 Å². The number of aryl methyl sites for hydroxylation is 1. The lowest BCUT2D eigenvalue weighted by molar-refractivity contribution is 0.0953. The van der Waals surface area contributed by atoms with E-state index in [1.165, 1.54) is 0 Å². The van der Waals surface area contributed by atoms with E-state index in [1.807, 2.05) is 19.1 Å². The number of aromatic nitrogens is 2. The molecule has 1 heterocycles. The molecule has 8 heteroatoms. The summed E-state index contributed by atoms with van der Waals surface area (Å²) in [7, 11) is 0. The second-order valence-corrected chi connectivity index (χ2v) is 5.49. The molecule has 0 saturated heterocycles. The smallest absolute Gasteiger partial charge is 0.251 e. The molecular weight excluding hydrogens is 318 g/mol. The number of hydrogen-bond acceptors (Lipinski definition) is 5. The Balaban J connectivity index is 1.96. The highest BCUT2D eigenvalue weighted by Crippen LogP contribution is 2.14. The van der Waals surface area contributed by atoms with Crippen molar-refractivity contribution in [2.24, 2.45) is 16.5 Å². The summed E-state index contributed by atoms with van der Waals surface area (Å²) >= 11 is 0. The molecule has 0 aliphatic carbocycles. The number of hydrogen-bond donors (Lipinski definition) is 4. The minimum Gasteiger partial charge on any atom is -0.379 e. The Bertz CT molecular complexity index is 752. The number of nitrogens with zero attached hydrogens (tertiary/aromatic N) is 3. The van der Waals surface area contributed by atoms with E-state index in [2.05, 4.69) is 25.6 Å². The largest absolute Gasteiger partial charge is 0.379 e. The fourth-order valence-electron chi connectivity index (χ4n) is 2.11. The SMILES string of the molecule is CCCNC(=O)c1ccc(NCc2cnc(N=C(N)N)c(C)n2)cc1. The van der Waals surface area contributed by atoms with Crippen molar-refractivity contribution >= 4 is 23.4 Å². The van der Waals surface area contributed by atoms with E-state index in [0.29, 0.717) is 30.2 Å². The molecule has 2 rings (SSSR count). The Labute approximate surface area is 146 Å². The summed E-state index contributed by atoms with van der Waals surface area (Å²) in [5.41, 5.74) is 13.6. The van der Waals surface area contributed by atoms with Gasteiger partial charge in [-0.15, -0.1) is 0 Å². The van der Waals surface area contributed by atoms with Gasteiger partial charge in [0.2, 0.25) is 0 Å². The van der Waals surface area contributed by atoms with Crippen LogP contribution in [0.2, 0.25) is 0 Å². The highest BCUT2D eigenvalue weighted by atomic mass is 16.1. The Morgan fingerprint density at radius 3 is 2.56 bits per heavy atom. The van der Waals surface area contributed by atoms with Gasteiger partial charge in [-0.05, 0) is 37.6 Å². The molecule has 0 aliphatic heterocycles. The molecule has 0 spiro atoms. The number of anilines is 1. The normalized spacial score (nSPS) is 10.2. The van der Waals surface area contributed by atoms with Crippen molar-refractivity contribution in [3.63, 3.8) is 0 Å². The number of aliphatic imine (C=N–C) groups is 1. The van der Waals surface area contributed by atoms with Gasteiger partial charge in [0, 0.05) is 17.8 Å². The molecular formula is C17H23N7O. The van der Waals surface area contributed by atoms with Crippen molar-refractivity contribution in [2.75, 3.05) is 11.9 Å². The maximum atomic E-state index is 11.9. The molecule has 1 amide bonds. The third kappa shape index (κ3) is 5.45. The first-order chi connectivity index (χ1) is 12.0. The number of carbonyl (C=O) groups is 1. The molecule has 0 saturated carbocycles. The topological polar surface area (TPSA) is 131 Å². The van der Waals surface area contributed by atoms with Gasteiger partial charge < -0.3 is 22.1 Å². The van der Waals surface area contributed by atoms with Crippen LogP contribution in [-0.2, 0) is 6.54 Å². The van der Waals surface area contributed by atoms with Gasteiger partial charge in [0.1, 0.15) is 0 Å². The van der Waals surface area contributed by atoms with Crippen molar-refractivity contribution in [3.05, 3.63) is 47.4 Å². The molecule has 0 atom stereocenters. The standard InChI is InChI=1S/C17H23N7O/c1-3-8-20-16(25)12-4-6-13(7-5-12)21-9-14-10-22-15(11(2)23-14)24-17(18)19/h4-7,10,21H,3,8-9H2,1-2H3,(H,20,25)(H4,18,19,22,24). The van der Waals surface area contributed by atoms with Gasteiger partial charge in [-0.25, -0.2) is 4.98 Å². The molecule has 25 heavy (non-hydrogen) atoms. The Kier molecular flexibility index (Phi) is 6.27. The van der Waals surface area contributed by atoms with Gasteiger partial charge in [0.05, 0.1) is 24.1 Å². The fourth-order valence-corrected chi connectivity index (χ4v) is 2.11. The van der Waals surface area contributed by atoms with Crippen LogP contribution in [0.15, 0.2) is 35.5 Å². The number of carbonyl (C=O) groups excluding carboxylic acids is 1. The molecule has 8 nitrogen and oxygen atoms in total. The van der Waals surface area contributed by atoms with E-state index in [4.69, 9.17) is 11.5 Å². The van der Waals surface area contributed by atoms with Crippen LogP contribution in [0.4, 0.5) is 11.5 Å². The van der Waals surface area contributed by atoms with Crippen molar-refractivity contribution < 1.29 is 4.79 Å². The van der Waals surface area contributed by atoms with Gasteiger partial charge in [0.15, 0.2) is 11.8 Å². The van der Waals surface area contributed by atoms with Gasteiger partial charge >= 0.3 is 0 Å². The van der Waals surface area contributed by atoms with E-state index in [9.17, 15) is 4.79 Å². The average molecular weight is 341 g/mol. The number of rotatable bonds is 7. The van der Waals surface area contributed by atoms with Gasteiger partial charge in [-0.2, -0.15) is 4.99 Å². The minimum atomic E-state index is -0.0646. The summed E-state index contributed by atoms with van der Waals surface area (Å²) in [6, 6.07) is 7.28. The molecule has 1 aromatic carbocycles. The molecule has 6 N–H and O–H groups in total. The first kappa shape index (κ1) is 18.2. The fraction of sp³-hybridized carbons (Fsp3) is 0.294. The van der Waals surface area contributed by atoms with Crippen LogP contribution in [-0.4, -0.2) is 28.4 Å². The lowest BCUT2D eigenvalue weighted by Gasteiger charge is -2.08. The van der Waals surface area contributed by atoms with E-state index in [0.717, 1.165) is 17.8 Å². The van der Waals surface area contributed by atoms with Crippen LogP contribution < -0.4 is 22.1 Å². The molecule has 0 aliphatic rings. The Hall–Kier alpha value is -3.16. The molecule has 1 aromatic heterocycles. The lowest BCUT2D eigenvalue weighted by atomic mass is 10.2. The van der Waals surface area contributed by atoms with Crippen LogP contribution in [0.25, 0.3) is 0 Å². The first-order valence-corrected chi connectivity index (χ1v) is 8.04. The minimum absolute atomic E-state index is 0.0497. The van der Waals surface area contributed by atoms with E-state index in [-0.39, 0.29) is 11.9 Å². The highest BCUT2D eigenvalue weighted by molar-refractivity contribution is 5.94. The first-order valence-electron chi connectivity index (χ1n) is 8.04. The monoisotopic (exact) mass is 341 g/mol. The summed E-state index contributed by atoms with van der Waals surface area (Å²) in [6.07, 6.45) is 2.53. The van der Waals surface area contributed by atoms with Crippen LogP contribution in [0.1, 0.15) is 35.1 Å². The van der Waals surface area contributed by atoms with Crippen molar-refractivity contribution in [2.45, 2.75) is 26.8 Å². The van der Waals surface area contributed by atoms with Gasteiger partial charge in [-0.3, -0.25) is 9.78 Å². The highest BCUT2D eigenvalue weighted by Gasteiger charge is 2.05.